The van der Waals surface area contributed by atoms with E-state index in [-0.39, 0.29) is 18.3 Å². The Kier molecular flexibility index (Phi) is 5.57. The van der Waals surface area contributed by atoms with Crippen molar-refractivity contribution in [3.05, 3.63) is 47.8 Å². The third kappa shape index (κ3) is 4.98. The molecule has 0 spiro atoms. The van der Waals surface area contributed by atoms with Crippen molar-refractivity contribution < 1.29 is 18.0 Å². The Hall–Kier alpha value is -3.50. The minimum atomic E-state index is -4.46. The fraction of sp³-hybridized carbons (Fsp3) is 0.350. The number of carbonyl (C=O) groups excluding carboxylic acids is 1. The number of alkyl halides is 3. The van der Waals surface area contributed by atoms with E-state index < -0.39 is 11.7 Å². The second-order valence-electron chi connectivity index (χ2n) is 7.36. The molecule has 0 radical (unpaired) electrons. The highest BCUT2D eigenvalue weighted by molar-refractivity contribution is 5.76. The first kappa shape index (κ1) is 20.8. The van der Waals surface area contributed by atoms with Crippen molar-refractivity contribution >= 4 is 17.5 Å². The Labute approximate surface area is 176 Å². The Morgan fingerprint density at radius 1 is 1.13 bits per heavy atom. The average molecular weight is 431 g/mol. The molecule has 31 heavy (non-hydrogen) atoms. The maximum atomic E-state index is 12.9. The molecule has 3 aromatic rings. The molecule has 0 saturated carbocycles. The summed E-state index contributed by atoms with van der Waals surface area (Å²) in [6.45, 7) is 3.45. The van der Waals surface area contributed by atoms with Gasteiger partial charge in [0, 0.05) is 19.3 Å². The minimum absolute atomic E-state index is 0.0101. The number of carbonyl (C=O) groups is 1. The van der Waals surface area contributed by atoms with Crippen molar-refractivity contribution in [1.82, 2.24) is 29.9 Å². The summed E-state index contributed by atoms with van der Waals surface area (Å²) in [7, 11) is 0. The van der Waals surface area contributed by atoms with Crippen molar-refractivity contribution in [2.45, 2.75) is 32.5 Å². The van der Waals surface area contributed by atoms with Crippen LogP contribution in [-0.4, -0.2) is 48.9 Å². The Morgan fingerprint density at radius 2 is 1.90 bits per heavy atom. The van der Waals surface area contributed by atoms with E-state index in [4.69, 9.17) is 0 Å². The minimum Gasteiger partial charge on any atom is -0.341 e. The van der Waals surface area contributed by atoms with Gasteiger partial charge in [-0.25, -0.2) is 14.6 Å². The smallest absolute Gasteiger partial charge is 0.341 e. The van der Waals surface area contributed by atoms with E-state index in [0.29, 0.717) is 17.2 Å². The molecule has 1 aliphatic heterocycles. The third-order valence-corrected chi connectivity index (χ3v) is 4.87. The first-order chi connectivity index (χ1) is 14.8. The summed E-state index contributed by atoms with van der Waals surface area (Å²) < 4.78 is 40.3. The summed E-state index contributed by atoms with van der Waals surface area (Å²) in [5.74, 6) is 0.340. The van der Waals surface area contributed by atoms with Gasteiger partial charge in [-0.15, -0.1) is 5.10 Å². The molecule has 1 N–H and O–H groups in total. The van der Waals surface area contributed by atoms with Gasteiger partial charge in [0.15, 0.2) is 0 Å². The molecular formula is C20H20F3N7O. The van der Waals surface area contributed by atoms with Crippen molar-refractivity contribution in [2.24, 2.45) is 0 Å². The number of pyridine rings is 2. The SMILES string of the molecule is Cc1cc(Nc2cc(C(F)(F)F)ccn2)nc(-c2cn(CC(=O)N3CCCC3)nn2)c1. The van der Waals surface area contributed by atoms with Crippen LogP contribution in [0, 0.1) is 6.92 Å². The Balaban J connectivity index is 1.52. The van der Waals surface area contributed by atoms with E-state index in [1.807, 2.05) is 6.92 Å². The lowest BCUT2D eigenvalue weighted by Gasteiger charge is -2.14. The highest BCUT2D eigenvalue weighted by atomic mass is 19.4. The second-order valence-corrected chi connectivity index (χ2v) is 7.36. The van der Waals surface area contributed by atoms with Crippen molar-refractivity contribution in [3.63, 3.8) is 0 Å². The maximum absolute atomic E-state index is 12.9. The first-order valence-corrected chi connectivity index (χ1v) is 9.75. The van der Waals surface area contributed by atoms with Gasteiger partial charge in [-0.3, -0.25) is 4.79 Å². The van der Waals surface area contributed by atoms with Gasteiger partial charge in [0.2, 0.25) is 5.91 Å². The molecule has 11 heteroatoms. The molecule has 3 aromatic heterocycles. The van der Waals surface area contributed by atoms with Crippen LogP contribution in [0.15, 0.2) is 36.7 Å². The zero-order valence-electron chi connectivity index (χ0n) is 16.7. The highest BCUT2D eigenvalue weighted by Crippen LogP contribution is 2.30. The number of halogens is 3. The number of aromatic nitrogens is 5. The number of nitrogens with zero attached hydrogens (tertiary/aromatic N) is 6. The molecule has 0 bridgehead atoms. The first-order valence-electron chi connectivity index (χ1n) is 9.75. The second kappa shape index (κ2) is 8.32. The fourth-order valence-corrected chi connectivity index (χ4v) is 3.37. The molecule has 0 aromatic carbocycles. The highest BCUT2D eigenvalue weighted by Gasteiger charge is 2.30. The van der Waals surface area contributed by atoms with Crippen LogP contribution in [0.4, 0.5) is 24.8 Å². The number of hydrogen-bond donors (Lipinski definition) is 1. The molecular weight excluding hydrogens is 411 g/mol. The Bertz CT molecular complexity index is 1090. The number of anilines is 2. The van der Waals surface area contributed by atoms with Crippen molar-refractivity contribution in [2.75, 3.05) is 18.4 Å². The van der Waals surface area contributed by atoms with Crippen LogP contribution in [0.5, 0.6) is 0 Å². The summed E-state index contributed by atoms with van der Waals surface area (Å²) >= 11 is 0. The number of likely N-dealkylation sites (tertiary alicyclic amines) is 1. The maximum Gasteiger partial charge on any atom is 0.416 e. The van der Waals surface area contributed by atoms with E-state index in [9.17, 15) is 18.0 Å². The molecule has 8 nitrogen and oxygen atoms in total. The lowest BCUT2D eigenvalue weighted by molar-refractivity contribution is -0.137. The number of hydrogen-bond acceptors (Lipinski definition) is 6. The summed E-state index contributed by atoms with van der Waals surface area (Å²) in [6, 6.07) is 5.29. The number of aryl methyl sites for hydroxylation is 1. The van der Waals surface area contributed by atoms with Crippen LogP contribution >= 0.6 is 0 Å². The summed E-state index contributed by atoms with van der Waals surface area (Å²) in [5, 5.41) is 10.9. The monoisotopic (exact) mass is 431 g/mol. The standard InChI is InChI=1S/C20H20F3N7O/c1-13-8-15(16-11-30(28-27-16)12-19(31)29-6-2-3-7-29)25-18(9-13)26-17-10-14(4-5-24-17)20(21,22)23/h4-5,8-11H,2-3,6-7,12H2,1H3,(H,24,25,26). The summed E-state index contributed by atoms with van der Waals surface area (Å²) in [6.07, 6.45) is 0.276. The van der Waals surface area contributed by atoms with Crippen LogP contribution in [0.1, 0.15) is 24.0 Å². The van der Waals surface area contributed by atoms with Crippen LogP contribution < -0.4 is 5.32 Å². The van der Waals surface area contributed by atoms with E-state index in [2.05, 4.69) is 25.6 Å². The number of amides is 1. The molecule has 0 atom stereocenters. The number of rotatable bonds is 5. The lowest BCUT2D eigenvalue weighted by Crippen LogP contribution is -2.31. The molecule has 4 rings (SSSR count). The van der Waals surface area contributed by atoms with Gasteiger partial charge in [0.25, 0.3) is 0 Å². The van der Waals surface area contributed by atoms with Crippen LogP contribution in [0.2, 0.25) is 0 Å². The van der Waals surface area contributed by atoms with E-state index in [1.165, 1.54) is 4.68 Å². The van der Waals surface area contributed by atoms with Gasteiger partial charge in [-0.1, -0.05) is 5.21 Å². The molecule has 1 fully saturated rings. The summed E-state index contributed by atoms with van der Waals surface area (Å²) in [5.41, 5.74) is 0.956. The molecule has 4 heterocycles. The van der Waals surface area contributed by atoms with Gasteiger partial charge in [-0.05, 0) is 49.6 Å². The molecule has 0 unspecified atom stereocenters. The molecule has 1 saturated heterocycles. The van der Waals surface area contributed by atoms with Gasteiger partial charge in [0.1, 0.15) is 23.9 Å². The number of nitrogens with one attached hydrogen (secondary N) is 1. The van der Waals surface area contributed by atoms with E-state index >= 15 is 0 Å². The molecule has 1 amide bonds. The summed E-state index contributed by atoms with van der Waals surface area (Å²) in [4.78, 5) is 22.4. The van der Waals surface area contributed by atoms with Crippen LogP contribution in [0.25, 0.3) is 11.4 Å². The predicted molar refractivity (Wildman–Crippen MR) is 106 cm³/mol. The van der Waals surface area contributed by atoms with E-state index in [1.54, 1.807) is 23.2 Å². The van der Waals surface area contributed by atoms with Crippen molar-refractivity contribution in [3.8, 4) is 11.4 Å². The molecule has 1 aliphatic rings. The lowest BCUT2D eigenvalue weighted by atomic mass is 10.2. The quantitative estimate of drug-likeness (QED) is 0.666. The van der Waals surface area contributed by atoms with Gasteiger partial charge < -0.3 is 10.2 Å². The van der Waals surface area contributed by atoms with Crippen molar-refractivity contribution in [1.29, 1.82) is 0 Å². The Morgan fingerprint density at radius 3 is 2.65 bits per heavy atom. The van der Waals surface area contributed by atoms with Gasteiger partial charge >= 0.3 is 6.18 Å². The average Bonchev–Trinajstić information content (AvgIpc) is 3.39. The zero-order valence-corrected chi connectivity index (χ0v) is 16.7. The third-order valence-electron chi connectivity index (χ3n) is 4.87. The van der Waals surface area contributed by atoms with Crippen LogP contribution in [-0.2, 0) is 17.5 Å². The normalized spacial score (nSPS) is 14.1. The fourth-order valence-electron chi connectivity index (χ4n) is 3.37. The largest absolute Gasteiger partial charge is 0.416 e. The van der Waals surface area contributed by atoms with E-state index in [0.717, 1.165) is 49.8 Å². The topological polar surface area (TPSA) is 88.8 Å². The molecule has 0 aliphatic carbocycles. The zero-order chi connectivity index (χ0) is 22.0. The predicted octanol–water partition coefficient (Wildman–Crippen LogP) is 3.43. The molecule has 162 valence electrons. The van der Waals surface area contributed by atoms with Crippen LogP contribution in [0.3, 0.4) is 0 Å². The van der Waals surface area contributed by atoms with Gasteiger partial charge in [0.05, 0.1) is 17.5 Å². The van der Waals surface area contributed by atoms with Gasteiger partial charge in [-0.2, -0.15) is 13.2 Å².